The Balaban J connectivity index is 1.54. The summed E-state index contributed by atoms with van der Waals surface area (Å²) in [5, 5.41) is -1.20. The number of para-hydroxylation sites is 4. The van der Waals surface area contributed by atoms with Gasteiger partial charge in [0.1, 0.15) is 5.82 Å². The van der Waals surface area contributed by atoms with Gasteiger partial charge < -0.3 is 4.57 Å². The predicted octanol–water partition coefficient (Wildman–Crippen LogP) is 9.40. The van der Waals surface area contributed by atoms with Gasteiger partial charge in [0.2, 0.25) is 0 Å². The number of aromatic nitrogens is 5. The zero-order valence-corrected chi connectivity index (χ0v) is 22.0. The van der Waals surface area contributed by atoms with Crippen molar-refractivity contribution in [1.29, 1.82) is 0 Å². The molecule has 0 saturated heterocycles. The highest BCUT2D eigenvalue weighted by Crippen LogP contribution is 2.37. The first-order chi connectivity index (χ1) is 30.6. The van der Waals surface area contributed by atoms with E-state index in [2.05, 4.69) is 15.0 Å². The Hall–Kier alpha value is -6.07. The summed E-state index contributed by atoms with van der Waals surface area (Å²) in [5.41, 5.74) is -2.74. The molecule has 0 radical (unpaired) electrons. The maximum atomic E-state index is 9.87. The van der Waals surface area contributed by atoms with E-state index in [-0.39, 0.29) is 43.8 Å². The van der Waals surface area contributed by atoms with Crippen molar-refractivity contribution in [1.82, 2.24) is 24.1 Å². The number of fused-ring (bicyclic) bond motifs is 6. The Morgan fingerprint density at radius 3 is 1.86 bits per heavy atom. The number of benzene rings is 5. The van der Waals surface area contributed by atoms with Gasteiger partial charge in [-0.15, -0.1) is 0 Å². The lowest BCUT2D eigenvalue weighted by molar-refractivity contribution is 1.04. The van der Waals surface area contributed by atoms with Crippen LogP contribution in [0.1, 0.15) is 28.8 Å². The monoisotopic (exact) mass is 584 g/mol. The predicted molar refractivity (Wildman–Crippen MR) is 179 cm³/mol. The maximum Gasteiger partial charge on any atom is 0.162 e. The van der Waals surface area contributed by atoms with Crippen molar-refractivity contribution < 1.29 is 28.8 Å². The van der Waals surface area contributed by atoms with Crippen LogP contribution in [0.15, 0.2) is 151 Å². The molecule has 206 valence electrons. The highest BCUT2D eigenvalue weighted by molar-refractivity contribution is 6.10. The molecular weight excluding hydrogens is 538 g/mol. The molecule has 0 N–H and O–H groups in total. The molecule has 5 nitrogen and oxygen atoms in total. The van der Waals surface area contributed by atoms with Crippen LogP contribution in [0.4, 0.5) is 0 Å². The highest BCUT2D eigenvalue weighted by atomic mass is 15.1. The van der Waals surface area contributed by atoms with Crippen LogP contribution in [0.25, 0.3) is 77.8 Å². The van der Waals surface area contributed by atoms with E-state index in [9.17, 15) is 1.37 Å². The first-order valence-electron chi connectivity index (χ1n) is 23.5. The third-order valence-corrected chi connectivity index (χ3v) is 7.03. The fourth-order valence-corrected chi connectivity index (χ4v) is 5.23. The fraction of sp³-hybridized carbons (Fsp3) is 0. The zero-order valence-electron chi connectivity index (χ0n) is 43.0. The Bertz CT molecular complexity index is 3590. The Morgan fingerprint density at radius 1 is 0.545 bits per heavy atom. The largest absolute Gasteiger partial charge is 0.308 e. The molecule has 0 atom stereocenters. The van der Waals surface area contributed by atoms with Crippen LogP contribution in [0.2, 0.25) is 0 Å². The molecule has 0 amide bonds. The number of hydrogen-bond acceptors (Lipinski definition) is 3. The number of rotatable bonds is 4. The van der Waals surface area contributed by atoms with Crippen molar-refractivity contribution in [3.05, 3.63) is 151 Å². The molecule has 0 aliphatic carbocycles. The quantitative estimate of drug-likeness (QED) is 0.207. The van der Waals surface area contributed by atoms with Crippen molar-refractivity contribution in [2.45, 2.75) is 0 Å². The molecule has 0 aliphatic rings. The van der Waals surface area contributed by atoms with E-state index in [1.807, 2.05) is 0 Å². The van der Waals surface area contributed by atoms with Crippen LogP contribution in [-0.4, -0.2) is 24.1 Å². The highest BCUT2D eigenvalue weighted by Gasteiger charge is 2.19. The summed E-state index contributed by atoms with van der Waals surface area (Å²) >= 11 is 0. The van der Waals surface area contributed by atoms with E-state index in [1.54, 1.807) is 0 Å². The summed E-state index contributed by atoms with van der Waals surface area (Å²) in [5.74, 6) is -1.32. The second kappa shape index (κ2) is 9.75. The van der Waals surface area contributed by atoms with Gasteiger partial charge in [0, 0.05) is 51.1 Å². The van der Waals surface area contributed by atoms with Crippen LogP contribution in [0.3, 0.4) is 0 Å². The molecule has 9 rings (SSSR count). The van der Waals surface area contributed by atoms with Crippen molar-refractivity contribution in [2.75, 3.05) is 0 Å². The Kier molecular flexibility index (Phi) is 2.56. The van der Waals surface area contributed by atoms with Gasteiger partial charge in [0.15, 0.2) is 5.82 Å². The molecule has 5 heteroatoms. The topological polar surface area (TPSA) is 48.5 Å². The van der Waals surface area contributed by atoms with E-state index in [4.69, 9.17) is 27.4 Å². The standard InChI is InChI=1S/C39H25N5/c1-2-12-26(13-3-1)39-41-32(24-38(42-39)44-34-19-9-4-14-27(34)28-15-5-10-20-35(28)44)30-17-7-11-21-36(30)43-33-18-8-6-16-29(33)31-25-40-23-22-37(31)43/h1-25H/i1D,2D,3D,4D,5D,6D,8D,9D,10D,12D,13D,14D,15D,16D,18D,19D,20D,22D,23D,24D,25D. The minimum absolute atomic E-state index is 0.0905. The summed E-state index contributed by atoms with van der Waals surface area (Å²) in [6.45, 7) is 0. The minimum atomic E-state index is -0.809. The van der Waals surface area contributed by atoms with Crippen LogP contribution >= 0.6 is 0 Å². The molecule has 0 bridgehead atoms. The lowest BCUT2D eigenvalue weighted by Gasteiger charge is -2.16. The van der Waals surface area contributed by atoms with Gasteiger partial charge in [-0.3, -0.25) is 9.55 Å². The maximum absolute atomic E-state index is 9.87. The minimum Gasteiger partial charge on any atom is -0.308 e. The van der Waals surface area contributed by atoms with Crippen molar-refractivity contribution in [3.8, 4) is 34.2 Å². The van der Waals surface area contributed by atoms with Crippen LogP contribution < -0.4 is 0 Å². The normalized spacial score (nSPS) is 18.3. The summed E-state index contributed by atoms with van der Waals surface area (Å²) in [6, 6.07) is -8.20. The molecule has 9 aromatic rings. The smallest absolute Gasteiger partial charge is 0.162 e. The van der Waals surface area contributed by atoms with Gasteiger partial charge in [-0.2, -0.15) is 0 Å². The van der Waals surface area contributed by atoms with Crippen molar-refractivity contribution in [2.24, 2.45) is 0 Å². The van der Waals surface area contributed by atoms with E-state index in [0.717, 1.165) is 4.57 Å². The van der Waals surface area contributed by atoms with Crippen molar-refractivity contribution in [3.63, 3.8) is 0 Å². The first kappa shape index (κ1) is 11.5. The first-order valence-corrected chi connectivity index (χ1v) is 13.0. The molecule has 0 unspecified atom stereocenters. The second-order valence-corrected chi connectivity index (χ2v) is 9.39. The van der Waals surface area contributed by atoms with Gasteiger partial charge in [0.25, 0.3) is 0 Å². The Morgan fingerprint density at radius 2 is 1.14 bits per heavy atom. The fourth-order valence-electron chi connectivity index (χ4n) is 5.23. The number of pyridine rings is 1. The lowest BCUT2D eigenvalue weighted by atomic mass is 10.1. The second-order valence-electron chi connectivity index (χ2n) is 9.39. The molecule has 0 saturated carbocycles. The summed E-state index contributed by atoms with van der Waals surface area (Å²) < 4.78 is 186. The van der Waals surface area contributed by atoms with Crippen LogP contribution in [-0.2, 0) is 0 Å². The zero-order chi connectivity index (χ0) is 47.3. The molecule has 0 spiro atoms. The summed E-state index contributed by atoms with van der Waals surface area (Å²) in [7, 11) is 0. The average molecular weight is 585 g/mol. The van der Waals surface area contributed by atoms with Gasteiger partial charge in [-0.25, -0.2) is 9.97 Å². The molecule has 0 fully saturated rings. The van der Waals surface area contributed by atoms with Crippen LogP contribution in [0.5, 0.6) is 0 Å². The van der Waals surface area contributed by atoms with Crippen LogP contribution in [0, 0.1) is 0 Å². The third-order valence-electron chi connectivity index (χ3n) is 7.03. The molecule has 44 heavy (non-hydrogen) atoms. The summed E-state index contributed by atoms with van der Waals surface area (Å²) in [4.78, 5) is 13.0. The average Bonchev–Trinajstić information content (AvgIpc) is 3.84. The molecular formula is C39H25N5. The molecule has 0 aliphatic heterocycles. The summed E-state index contributed by atoms with van der Waals surface area (Å²) in [6.07, 6.45) is -1.28. The SMILES string of the molecule is [2H]c1nc([2H])c2c3c([2H])c([2H])c([2H])c([2H])c3n(-c3ccccc3-c3nc(-c4c([2H])c([2H])c([2H])c([2H])c4[2H])nc(-n4c5c([2H])c([2H])c([2H])c([2H])c5c5c([2H])c([2H])c([2H])c([2H])c54)c3[2H])c2c1[2H]. The van der Waals surface area contributed by atoms with E-state index in [1.165, 1.54) is 28.8 Å². The number of hydrogen-bond donors (Lipinski definition) is 0. The van der Waals surface area contributed by atoms with Gasteiger partial charge >= 0.3 is 0 Å². The van der Waals surface area contributed by atoms with E-state index >= 15 is 0 Å². The lowest BCUT2D eigenvalue weighted by Crippen LogP contribution is -2.04. The van der Waals surface area contributed by atoms with Gasteiger partial charge in [-0.1, -0.05) is 103 Å². The third kappa shape index (κ3) is 3.69. The Labute approximate surface area is 282 Å². The van der Waals surface area contributed by atoms with E-state index < -0.39 is 161 Å². The van der Waals surface area contributed by atoms with Crippen molar-refractivity contribution >= 4 is 43.6 Å². The molecule has 5 aromatic carbocycles. The van der Waals surface area contributed by atoms with E-state index in [0.29, 0.717) is 0 Å². The van der Waals surface area contributed by atoms with Gasteiger partial charge in [0.05, 0.1) is 62.2 Å². The molecule has 4 aromatic heterocycles. The number of nitrogens with zero attached hydrogens (tertiary/aromatic N) is 5. The van der Waals surface area contributed by atoms with Gasteiger partial charge in [-0.05, 0) is 30.2 Å². The molecule has 4 heterocycles.